The molecule has 0 spiro atoms. The van der Waals surface area contributed by atoms with E-state index in [0.717, 1.165) is 38.5 Å². The van der Waals surface area contributed by atoms with Gasteiger partial charge in [-0.05, 0) is 38.5 Å². The summed E-state index contributed by atoms with van der Waals surface area (Å²) in [5.74, 6) is -0.902. The highest BCUT2D eigenvalue weighted by molar-refractivity contribution is 5.83. The zero-order valence-corrected chi connectivity index (χ0v) is 12.5. The zero-order valence-electron chi connectivity index (χ0n) is 12.5. The zero-order chi connectivity index (χ0) is 15.2. The monoisotopic (exact) mass is 298 g/mol. The predicted molar refractivity (Wildman–Crippen MR) is 78.0 cm³/mol. The lowest BCUT2D eigenvalue weighted by Gasteiger charge is -2.41. The molecule has 0 aromatic heterocycles. The van der Waals surface area contributed by atoms with Gasteiger partial charge < -0.3 is 20.0 Å². The van der Waals surface area contributed by atoms with Crippen LogP contribution in [0.5, 0.6) is 0 Å². The van der Waals surface area contributed by atoms with Crippen LogP contribution in [0.4, 0.5) is 4.79 Å². The van der Waals surface area contributed by atoms with Crippen LogP contribution >= 0.6 is 0 Å². The van der Waals surface area contributed by atoms with Crippen LogP contribution < -0.4 is 0 Å². The van der Waals surface area contributed by atoms with Crippen LogP contribution in [0.2, 0.25) is 0 Å². The Bertz CT molecular complexity index is 371. The maximum Gasteiger partial charge on any atom is 0.326 e. The highest BCUT2D eigenvalue weighted by Crippen LogP contribution is 2.27. The second-order valence-corrected chi connectivity index (χ2v) is 6.03. The highest BCUT2D eigenvalue weighted by atomic mass is 16.4. The summed E-state index contributed by atoms with van der Waals surface area (Å²) in [7, 11) is 0. The van der Waals surface area contributed by atoms with E-state index < -0.39 is 12.0 Å². The molecular formula is C15H26N2O4. The van der Waals surface area contributed by atoms with E-state index in [1.165, 1.54) is 0 Å². The van der Waals surface area contributed by atoms with Gasteiger partial charge in [0.2, 0.25) is 0 Å². The van der Waals surface area contributed by atoms with Crippen molar-refractivity contribution in [2.45, 2.75) is 63.5 Å². The van der Waals surface area contributed by atoms with E-state index in [-0.39, 0.29) is 18.7 Å². The summed E-state index contributed by atoms with van der Waals surface area (Å²) in [6.45, 7) is 1.10. The lowest BCUT2D eigenvalue weighted by atomic mass is 9.91. The molecule has 0 radical (unpaired) electrons. The number of carboxylic acid groups (broad SMARTS) is 1. The number of hydrogen-bond donors (Lipinski definition) is 2. The Morgan fingerprint density at radius 2 is 1.86 bits per heavy atom. The van der Waals surface area contributed by atoms with Crippen molar-refractivity contribution in [3.8, 4) is 0 Å². The van der Waals surface area contributed by atoms with Crippen LogP contribution in [0, 0.1) is 0 Å². The molecule has 1 aliphatic carbocycles. The molecule has 1 saturated heterocycles. The van der Waals surface area contributed by atoms with E-state index in [2.05, 4.69) is 0 Å². The third kappa shape index (κ3) is 3.87. The van der Waals surface area contributed by atoms with E-state index in [1.807, 2.05) is 0 Å². The number of aliphatic hydroxyl groups excluding tert-OH is 1. The smallest absolute Gasteiger partial charge is 0.326 e. The quantitative estimate of drug-likeness (QED) is 0.809. The lowest BCUT2D eigenvalue weighted by Crippen LogP contribution is -2.55. The van der Waals surface area contributed by atoms with Gasteiger partial charge in [-0.2, -0.15) is 0 Å². The molecule has 6 heteroatoms. The topological polar surface area (TPSA) is 81.1 Å². The molecule has 1 atom stereocenters. The number of hydrogen-bond acceptors (Lipinski definition) is 3. The molecule has 2 N–H and O–H groups in total. The van der Waals surface area contributed by atoms with Gasteiger partial charge in [-0.15, -0.1) is 0 Å². The van der Waals surface area contributed by atoms with E-state index in [0.29, 0.717) is 25.9 Å². The molecule has 2 rings (SSSR count). The largest absolute Gasteiger partial charge is 0.480 e. The van der Waals surface area contributed by atoms with Crippen molar-refractivity contribution < 1.29 is 19.8 Å². The van der Waals surface area contributed by atoms with Gasteiger partial charge in [0.25, 0.3) is 0 Å². The summed E-state index contributed by atoms with van der Waals surface area (Å²) in [6, 6.07) is -0.624. The minimum Gasteiger partial charge on any atom is -0.480 e. The van der Waals surface area contributed by atoms with Gasteiger partial charge >= 0.3 is 12.0 Å². The molecule has 0 bridgehead atoms. The second kappa shape index (κ2) is 7.64. The summed E-state index contributed by atoms with van der Waals surface area (Å²) >= 11 is 0. The number of urea groups is 1. The molecule has 1 heterocycles. The van der Waals surface area contributed by atoms with Crippen LogP contribution in [0.25, 0.3) is 0 Å². The molecule has 2 aliphatic rings. The van der Waals surface area contributed by atoms with Crippen molar-refractivity contribution in [1.29, 1.82) is 0 Å². The van der Waals surface area contributed by atoms with Crippen LogP contribution in [0.1, 0.15) is 51.4 Å². The Kier molecular flexibility index (Phi) is 5.85. The fourth-order valence-electron chi connectivity index (χ4n) is 3.13. The van der Waals surface area contributed by atoms with Crippen LogP contribution in [0.15, 0.2) is 0 Å². The average molecular weight is 298 g/mol. The summed E-state index contributed by atoms with van der Waals surface area (Å²) in [6.07, 6.45) is 6.90. The first kappa shape index (κ1) is 16.1. The second-order valence-electron chi connectivity index (χ2n) is 6.03. The van der Waals surface area contributed by atoms with Gasteiger partial charge in [0.05, 0.1) is 0 Å². The van der Waals surface area contributed by atoms with E-state index in [1.54, 1.807) is 9.80 Å². The number of rotatable bonds is 5. The number of nitrogens with zero attached hydrogens (tertiary/aromatic N) is 2. The van der Waals surface area contributed by atoms with Crippen LogP contribution in [-0.4, -0.2) is 63.8 Å². The molecule has 120 valence electrons. The summed E-state index contributed by atoms with van der Waals surface area (Å²) in [5, 5.41) is 18.4. The van der Waals surface area contributed by atoms with Crippen LogP contribution in [-0.2, 0) is 4.79 Å². The third-order valence-electron chi connectivity index (χ3n) is 4.60. The van der Waals surface area contributed by atoms with Gasteiger partial charge in [-0.1, -0.05) is 12.8 Å². The standard InChI is InChI=1S/C15H26N2O4/c18-11-5-10-16(12-6-4-7-12)15(21)17-9-3-1-2-8-13(17)14(19)20/h12-13,18H,1-11H2,(H,19,20). The number of likely N-dealkylation sites (tertiary alicyclic amines) is 1. The Balaban J connectivity index is 2.09. The van der Waals surface area contributed by atoms with Gasteiger partial charge in [-0.25, -0.2) is 9.59 Å². The van der Waals surface area contributed by atoms with Crippen molar-refractivity contribution in [3.05, 3.63) is 0 Å². The maximum atomic E-state index is 12.8. The van der Waals surface area contributed by atoms with Gasteiger partial charge in [0, 0.05) is 25.7 Å². The van der Waals surface area contributed by atoms with Crippen molar-refractivity contribution in [1.82, 2.24) is 9.80 Å². The third-order valence-corrected chi connectivity index (χ3v) is 4.60. The molecule has 0 aromatic rings. The number of aliphatic carboxylic acids is 1. The van der Waals surface area contributed by atoms with E-state index >= 15 is 0 Å². The first-order valence-electron chi connectivity index (χ1n) is 8.06. The highest BCUT2D eigenvalue weighted by Gasteiger charge is 2.36. The fraction of sp³-hybridized carbons (Fsp3) is 0.867. The summed E-state index contributed by atoms with van der Waals surface area (Å²) < 4.78 is 0. The normalized spacial score (nSPS) is 23.3. The number of carbonyl (C=O) groups excluding carboxylic acids is 1. The first-order chi connectivity index (χ1) is 10.1. The van der Waals surface area contributed by atoms with Crippen molar-refractivity contribution in [3.63, 3.8) is 0 Å². The van der Waals surface area contributed by atoms with Crippen LogP contribution in [0.3, 0.4) is 0 Å². The van der Waals surface area contributed by atoms with Crippen molar-refractivity contribution >= 4 is 12.0 Å². The molecule has 1 aliphatic heterocycles. The minimum absolute atomic E-state index is 0.0544. The molecule has 0 aromatic carbocycles. The van der Waals surface area contributed by atoms with Gasteiger partial charge in [-0.3, -0.25) is 0 Å². The Morgan fingerprint density at radius 1 is 1.10 bits per heavy atom. The molecule has 1 unspecified atom stereocenters. The summed E-state index contributed by atoms with van der Waals surface area (Å²) in [5.41, 5.74) is 0. The maximum absolute atomic E-state index is 12.8. The number of carboxylic acids is 1. The first-order valence-corrected chi connectivity index (χ1v) is 8.06. The van der Waals surface area contributed by atoms with Gasteiger partial charge in [0.1, 0.15) is 6.04 Å². The number of amides is 2. The average Bonchev–Trinajstić information content (AvgIpc) is 2.66. The molecule has 1 saturated carbocycles. The fourth-order valence-corrected chi connectivity index (χ4v) is 3.13. The SMILES string of the molecule is O=C(O)C1CCCCCN1C(=O)N(CCCO)C1CCC1. The Hall–Kier alpha value is -1.30. The lowest BCUT2D eigenvalue weighted by molar-refractivity contribution is -0.142. The van der Waals surface area contributed by atoms with Gasteiger partial charge in [0.15, 0.2) is 0 Å². The number of aliphatic hydroxyl groups is 1. The minimum atomic E-state index is -0.902. The molecule has 6 nitrogen and oxygen atoms in total. The Labute approximate surface area is 125 Å². The van der Waals surface area contributed by atoms with E-state index in [9.17, 15) is 14.7 Å². The molecule has 2 fully saturated rings. The van der Waals surface area contributed by atoms with E-state index in [4.69, 9.17) is 5.11 Å². The Morgan fingerprint density at radius 3 is 2.43 bits per heavy atom. The number of carbonyl (C=O) groups is 2. The van der Waals surface area contributed by atoms with Crippen molar-refractivity contribution in [2.75, 3.05) is 19.7 Å². The molecule has 2 amide bonds. The molecular weight excluding hydrogens is 272 g/mol. The summed E-state index contributed by atoms with van der Waals surface area (Å²) in [4.78, 5) is 27.6. The predicted octanol–water partition coefficient (Wildman–Crippen LogP) is 1.67. The molecule has 21 heavy (non-hydrogen) atoms. The van der Waals surface area contributed by atoms with Crippen molar-refractivity contribution in [2.24, 2.45) is 0 Å².